The molecular formula is C17H24N2O2. The van der Waals surface area contributed by atoms with Gasteiger partial charge in [0.15, 0.2) is 0 Å². The van der Waals surface area contributed by atoms with Gasteiger partial charge >= 0.3 is 0 Å². The number of piperazine rings is 1. The molecule has 0 aliphatic carbocycles. The van der Waals surface area contributed by atoms with E-state index in [9.17, 15) is 0 Å². The highest BCUT2D eigenvalue weighted by Crippen LogP contribution is 2.21. The van der Waals surface area contributed by atoms with Gasteiger partial charge < -0.3 is 14.7 Å². The lowest BCUT2D eigenvalue weighted by molar-refractivity contribution is 0.0937. The molecule has 0 spiro atoms. The number of hydrogen-bond acceptors (Lipinski definition) is 4. The van der Waals surface area contributed by atoms with Crippen LogP contribution in [0, 0.1) is 11.8 Å². The fraction of sp³-hybridized carbons (Fsp3) is 0.529. The predicted octanol–water partition coefficient (Wildman–Crippen LogP) is 1.17. The van der Waals surface area contributed by atoms with Crippen molar-refractivity contribution in [3.8, 4) is 17.6 Å². The Balaban J connectivity index is 2.20. The second-order valence-corrected chi connectivity index (χ2v) is 5.56. The molecule has 2 rings (SSSR count). The van der Waals surface area contributed by atoms with Gasteiger partial charge in [-0.15, -0.1) is 0 Å². The van der Waals surface area contributed by atoms with Gasteiger partial charge in [-0.3, -0.25) is 4.90 Å². The van der Waals surface area contributed by atoms with Crippen molar-refractivity contribution in [2.45, 2.75) is 19.5 Å². The summed E-state index contributed by atoms with van der Waals surface area (Å²) < 4.78 is 5.32. The van der Waals surface area contributed by atoms with Gasteiger partial charge in [0.05, 0.1) is 7.11 Å². The first-order chi connectivity index (χ1) is 10.1. The molecule has 0 saturated carbocycles. The maximum atomic E-state index is 8.90. The number of rotatable bonds is 3. The third kappa shape index (κ3) is 4.21. The molecule has 1 aromatic rings. The number of methoxy groups -OCH3 is 1. The molecule has 0 amide bonds. The van der Waals surface area contributed by atoms with E-state index in [2.05, 4.69) is 35.6 Å². The molecule has 1 aliphatic rings. The van der Waals surface area contributed by atoms with E-state index in [1.807, 2.05) is 18.2 Å². The average molecular weight is 288 g/mol. The lowest BCUT2D eigenvalue weighted by Gasteiger charge is -2.38. The molecule has 0 aromatic heterocycles. The Labute approximate surface area is 127 Å². The second kappa shape index (κ2) is 7.46. The van der Waals surface area contributed by atoms with Crippen molar-refractivity contribution in [2.75, 3.05) is 40.4 Å². The van der Waals surface area contributed by atoms with Gasteiger partial charge in [0, 0.05) is 37.8 Å². The molecule has 4 heteroatoms. The maximum absolute atomic E-state index is 8.90. The average Bonchev–Trinajstić information content (AvgIpc) is 2.48. The summed E-state index contributed by atoms with van der Waals surface area (Å²) >= 11 is 0. The van der Waals surface area contributed by atoms with E-state index in [4.69, 9.17) is 9.84 Å². The van der Waals surface area contributed by atoms with Crippen molar-refractivity contribution < 1.29 is 9.84 Å². The van der Waals surface area contributed by atoms with E-state index in [0.717, 1.165) is 43.1 Å². The first kappa shape index (κ1) is 15.8. The number of likely N-dealkylation sites (N-methyl/N-ethyl adjacent to an activating group) is 1. The molecule has 114 valence electrons. The molecule has 1 aromatic carbocycles. The summed E-state index contributed by atoms with van der Waals surface area (Å²) in [5, 5.41) is 8.90. The largest absolute Gasteiger partial charge is 0.497 e. The number of hydrogen-bond donors (Lipinski definition) is 1. The molecule has 4 nitrogen and oxygen atoms in total. The lowest BCUT2D eigenvalue weighted by atomic mass is 10.0. The molecule has 1 fully saturated rings. The summed E-state index contributed by atoms with van der Waals surface area (Å²) in [6.07, 6.45) is 0. The van der Waals surface area contributed by atoms with Crippen LogP contribution in [-0.2, 0) is 6.54 Å². The van der Waals surface area contributed by atoms with Crippen LogP contribution in [-0.4, -0.2) is 61.3 Å². The Bertz CT molecular complexity index is 533. The smallest absolute Gasteiger partial charge is 0.119 e. The molecule has 0 bridgehead atoms. The molecule has 1 aliphatic heterocycles. The van der Waals surface area contributed by atoms with E-state index in [-0.39, 0.29) is 6.61 Å². The number of aliphatic hydroxyl groups excluding tert-OH is 1. The van der Waals surface area contributed by atoms with E-state index in [0.29, 0.717) is 6.04 Å². The summed E-state index contributed by atoms with van der Waals surface area (Å²) in [4.78, 5) is 4.83. The summed E-state index contributed by atoms with van der Waals surface area (Å²) in [6, 6.07) is 6.45. The highest BCUT2D eigenvalue weighted by Gasteiger charge is 2.22. The van der Waals surface area contributed by atoms with Crippen molar-refractivity contribution in [3.63, 3.8) is 0 Å². The minimum absolute atomic E-state index is 0.115. The Hall–Kier alpha value is -1.54. The normalized spacial score (nSPS) is 19.9. The van der Waals surface area contributed by atoms with E-state index in [1.165, 1.54) is 0 Å². The number of nitrogens with zero attached hydrogens (tertiary/aromatic N) is 2. The van der Waals surface area contributed by atoms with Gasteiger partial charge in [0.2, 0.25) is 0 Å². The van der Waals surface area contributed by atoms with Crippen molar-refractivity contribution in [3.05, 3.63) is 29.3 Å². The SMILES string of the molecule is COc1ccc(C#CCO)c(CN2CCN(C)CC2C)c1. The summed E-state index contributed by atoms with van der Waals surface area (Å²) in [6.45, 7) is 6.24. The first-order valence-electron chi connectivity index (χ1n) is 7.33. The molecule has 1 unspecified atom stereocenters. The number of aliphatic hydroxyl groups is 1. The lowest BCUT2D eigenvalue weighted by Crippen LogP contribution is -2.49. The van der Waals surface area contributed by atoms with E-state index < -0.39 is 0 Å². The summed E-state index contributed by atoms with van der Waals surface area (Å²) in [5.41, 5.74) is 2.13. The fourth-order valence-electron chi connectivity index (χ4n) is 2.72. The van der Waals surface area contributed by atoms with Crippen LogP contribution >= 0.6 is 0 Å². The van der Waals surface area contributed by atoms with E-state index >= 15 is 0 Å². The zero-order chi connectivity index (χ0) is 15.2. The predicted molar refractivity (Wildman–Crippen MR) is 84.3 cm³/mol. The van der Waals surface area contributed by atoms with Gasteiger partial charge in [0.1, 0.15) is 12.4 Å². The topological polar surface area (TPSA) is 35.9 Å². The molecule has 1 atom stereocenters. The van der Waals surface area contributed by atoms with Crippen LogP contribution in [0.25, 0.3) is 0 Å². The first-order valence-corrected chi connectivity index (χ1v) is 7.33. The molecule has 1 N–H and O–H groups in total. The van der Waals surface area contributed by atoms with Crippen molar-refractivity contribution >= 4 is 0 Å². The Kier molecular flexibility index (Phi) is 5.63. The standard InChI is InChI=1S/C17H24N2O2/c1-14-12-18(2)8-9-19(14)13-16-11-17(21-3)7-6-15(16)5-4-10-20/h6-7,11,14,20H,8-10,12-13H2,1-3H3. The molecule has 0 radical (unpaired) electrons. The van der Waals surface area contributed by atoms with Gasteiger partial charge in [-0.05, 0) is 37.7 Å². The van der Waals surface area contributed by atoms with Gasteiger partial charge in [-0.25, -0.2) is 0 Å². The minimum Gasteiger partial charge on any atom is -0.497 e. The van der Waals surface area contributed by atoms with Crippen molar-refractivity contribution in [1.29, 1.82) is 0 Å². The third-order valence-electron chi connectivity index (χ3n) is 3.96. The van der Waals surface area contributed by atoms with Crippen LogP contribution in [0.5, 0.6) is 5.75 Å². The Morgan fingerprint density at radius 2 is 2.19 bits per heavy atom. The van der Waals surface area contributed by atoms with Crippen LogP contribution in [0.1, 0.15) is 18.1 Å². The quantitative estimate of drug-likeness (QED) is 0.847. The van der Waals surface area contributed by atoms with Crippen LogP contribution < -0.4 is 4.74 Å². The highest BCUT2D eigenvalue weighted by molar-refractivity contribution is 5.45. The van der Waals surface area contributed by atoms with Crippen LogP contribution in [0.15, 0.2) is 18.2 Å². The van der Waals surface area contributed by atoms with Crippen LogP contribution in [0.3, 0.4) is 0 Å². The van der Waals surface area contributed by atoms with Gasteiger partial charge in [-0.1, -0.05) is 11.8 Å². The van der Waals surface area contributed by atoms with Gasteiger partial charge in [-0.2, -0.15) is 0 Å². The molecule has 1 heterocycles. The fourth-order valence-corrected chi connectivity index (χ4v) is 2.72. The maximum Gasteiger partial charge on any atom is 0.119 e. The third-order valence-corrected chi connectivity index (χ3v) is 3.96. The highest BCUT2D eigenvalue weighted by atomic mass is 16.5. The number of ether oxygens (including phenoxy) is 1. The summed E-state index contributed by atoms with van der Waals surface area (Å²) in [5.74, 6) is 6.62. The van der Waals surface area contributed by atoms with Gasteiger partial charge in [0.25, 0.3) is 0 Å². The second-order valence-electron chi connectivity index (χ2n) is 5.56. The monoisotopic (exact) mass is 288 g/mol. The Morgan fingerprint density at radius 3 is 2.86 bits per heavy atom. The minimum atomic E-state index is -0.115. The zero-order valence-corrected chi connectivity index (χ0v) is 13.1. The van der Waals surface area contributed by atoms with Crippen molar-refractivity contribution in [2.24, 2.45) is 0 Å². The Morgan fingerprint density at radius 1 is 1.38 bits per heavy atom. The molecule has 21 heavy (non-hydrogen) atoms. The zero-order valence-electron chi connectivity index (χ0n) is 13.1. The van der Waals surface area contributed by atoms with Crippen LogP contribution in [0.4, 0.5) is 0 Å². The van der Waals surface area contributed by atoms with Crippen LogP contribution in [0.2, 0.25) is 0 Å². The summed E-state index contributed by atoms with van der Waals surface area (Å²) in [7, 11) is 3.84. The van der Waals surface area contributed by atoms with E-state index in [1.54, 1.807) is 7.11 Å². The molecular weight excluding hydrogens is 264 g/mol. The number of benzene rings is 1. The van der Waals surface area contributed by atoms with Crippen molar-refractivity contribution in [1.82, 2.24) is 9.80 Å². The molecule has 1 saturated heterocycles.